The van der Waals surface area contributed by atoms with Crippen LogP contribution in [-0.4, -0.2) is 18.2 Å². The molecule has 0 bridgehead atoms. The van der Waals surface area contributed by atoms with Crippen LogP contribution < -0.4 is 5.32 Å². The molecule has 0 aliphatic rings. The molecule has 0 heterocycles. The lowest BCUT2D eigenvalue weighted by molar-refractivity contribution is -0.118. The minimum absolute atomic E-state index is 0.00123. The van der Waals surface area contributed by atoms with Gasteiger partial charge in [-0.1, -0.05) is 53.8 Å². The van der Waals surface area contributed by atoms with E-state index < -0.39 is 0 Å². The van der Waals surface area contributed by atoms with Crippen LogP contribution in [0.25, 0.3) is 0 Å². The summed E-state index contributed by atoms with van der Waals surface area (Å²) in [5, 5.41) is 3.52. The van der Waals surface area contributed by atoms with E-state index in [0.717, 1.165) is 21.9 Å². The van der Waals surface area contributed by atoms with E-state index in [1.807, 2.05) is 54.6 Å². The molecule has 0 fully saturated rings. The molecule has 1 N–H and O–H groups in total. The fourth-order valence-corrected chi connectivity index (χ4v) is 2.65. The van der Waals surface area contributed by atoms with Gasteiger partial charge in [0.25, 0.3) is 0 Å². The number of thioether (sulfide) groups is 1. The minimum atomic E-state index is 0.00123. The highest BCUT2D eigenvalue weighted by Gasteiger charge is 2.00. The lowest BCUT2D eigenvalue weighted by atomic mass is 10.2. The third kappa shape index (κ3) is 6.26. The summed E-state index contributed by atoms with van der Waals surface area (Å²) >= 11 is 7.40. The predicted molar refractivity (Wildman–Crippen MR) is 93.9 cm³/mol. The zero-order chi connectivity index (χ0) is 15.6. The Morgan fingerprint density at radius 2 is 1.82 bits per heavy atom. The quantitative estimate of drug-likeness (QED) is 0.847. The SMILES string of the molecule is O=C(CSCc1ccc(Cl)cc1)NCC#Cc1ccccc1. The number of amides is 1. The Morgan fingerprint density at radius 3 is 2.55 bits per heavy atom. The van der Waals surface area contributed by atoms with Crippen molar-refractivity contribution >= 4 is 29.3 Å². The average molecular weight is 330 g/mol. The smallest absolute Gasteiger partial charge is 0.230 e. The second-order valence-electron chi connectivity index (χ2n) is 4.56. The Bertz CT molecular complexity index is 659. The molecule has 22 heavy (non-hydrogen) atoms. The molecule has 2 nitrogen and oxygen atoms in total. The molecule has 0 aromatic heterocycles. The topological polar surface area (TPSA) is 29.1 Å². The van der Waals surface area contributed by atoms with Crippen molar-refractivity contribution in [3.8, 4) is 11.8 Å². The largest absolute Gasteiger partial charge is 0.344 e. The summed E-state index contributed by atoms with van der Waals surface area (Å²) in [6.45, 7) is 0.370. The van der Waals surface area contributed by atoms with Gasteiger partial charge in [0, 0.05) is 16.3 Å². The van der Waals surface area contributed by atoms with Crippen molar-refractivity contribution in [2.75, 3.05) is 12.3 Å². The summed E-state index contributed by atoms with van der Waals surface area (Å²) in [4.78, 5) is 11.7. The number of hydrogen-bond donors (Lipinski definition) is 1. The number of halogens is 1. The van der Waals surface area contributed by atoms with Crippen LogP contribution in [0, 0.1) is 11.8 Å². The van der Waals surface area contributed by atoms with E-state index in [2.05, 4.69) is 17.2 Å². The molecule has 2 aromatic carbocycles. The first-order chi connectivity index (χ1) is 10.7. The second-order valence-corrected chi connectivity index (χ2v) is 5.99. The van der Waals surface area contributed by atoms with E-state index in [1.54, 1.807) is 11.8 Å². The molecule has 0 aliphatic heterocycles. The number of benzene rings is 2. The van der Waals surface area contributed by atoms with Gasteiger partial charge in [-0.15, -0.1) is 11.8 Å². The third-order valence-corrected chi connectivity index (χ3v) is 4.05. The van der Waals surface area contributed by atoms with E-state index >= 15 is 0 Å². The monoisotopic (exact) mass is 329 g/mol. The summed E-state index contributed by atoms with van der Waals surface area (Å²) in [5.41, 5.74) is 2.11. The Hall–Kier alpha value is -1.89. The summed E-state index contributed by atoms with van der Waals surface area (Å²) in [7, 11) is 0. The number of nitrogens with one attached hydrogen (secondary N) is 1. The fourth-order valence-electron chi connectivity index (χ4n) is 1.70. The van der Waals surface area contributed by atoms with Crippen LogP contribution in [-0.2, 0) is 10.5 Å². The summed E-state index contributed by atoms with van der Waals surface area (Å²) in [6, 6.07) is 17.4. The zero-order valence-electron chi connectivity index (χ0n) is 12.0. The van der Waals surface area contributed by atoms with E-state index in [0.29, 0.717) is 12.3 Å². The Kier molecular flexibility index (Phi) is 6.89. The molecule has 0 spiro atoms. The fraction of sp³-hybridized carbons (Fsp3) is 0.167. The summed E-state index contributed by atoms with van der Waals surface area (Å²) < 4.78 is 0. The van der Waals surface area contributed by atoms with Crippen molar-refractivity contribution in [2.24, 2.45) is 0 Å². The third-order valence-electron chi connectivity index (χ3n) is 2.80. The molecular formula is C18H16ClNOS. The first-order valence-corrected chi connectivity index (χ1v) is 8.40. The number of carbonyl (C=O) groups excluding carboxylic acids is 1. The lowest BCUT2D eigenvalue weighted by Gasteiger charge is -2.02. The molecule has 112 valence electrons. The first-order valence-electron chi connectivity index (χ1n) is 6.87. The van der Waals surface area contributed by atoms with Crippen LogP contribution >= 0.6 is 23.4 Å². The normalized spacial score (nSPS) is 9.68. The molecule has 0 unspecified atom stereocenters. The van der Waals surface area contributed by atoms with Gasteiger partial charge in [-0.3, -0.25) is 4.79 Å². The van der Waals surface area contributed by atoms with Crippen LogP contribution in [0.15, 0.2) is 54.6 Å². The lowest BCUT2D eigenvalue weighted by Crippen LogP contribution is -2.25. The molecule has 2 aromatic rings. The van der Waals surface area contributed by atoms with Gasteiger partial charge in [-0.05, 0) is 29.8 Å². The van der Waals surface area contributed by atoms with E-state index in [9.17, 15) is 4.79 Å². The van der Waals surface area contributed by atoms with Crippen molar-refractivity contribution in [2.45, 2.75) is 5.75 Å². The van der Waals surface area contributed by atoms with Crippen molar-refractivity contribution in [3.63, 3.8) is 0 Å². The van der Waals surface area contributed by atoms with Gasteiger partial charge in [-0.25, -0.2) is 0 Å². The molecule has 2 rings (SSSR count). The maximum atomic E-state index is 11.7. The Labute approximate surface area is 140 Å². The van der Waals surface area contributed by atoms with E-state index in [1.165, 1.54) is 0 Å². The van der Waals surface area contributed by atoms with Gasteiger partial charge in [-0.2, -0.15) is 0 Å². The van der Waals surface area contributed by atoms with E-state index in [-0.39, 0.29) is 5.91 Å². The molecule has 0 aliphatic carbocycles. The van der Waals surface area contributed by atoms with Crippen molar-refractivity contribution in [1.82, 2.24) is 5.32 Å². The standard InChI is InChI=1S/C18H16ClNOS/c19-17-10-8-16(9-11-17)13-22-14-18(21)20-12-4-7-15-5-2-1-3-6-15/h1-3,5-6,8-11H,12-14H2,(H,20,21). The maximum Gasteiger partial charge on any atom is 0.230 e. The Morgan fingerprint density at radius 1 is 1.09 bits per heavy atom. The number of rotatable bonds is 5. The second kappa shape index (κ2) is 9.19. The van der Waals surface area contributed by atoms with Gasteiger partial charge in [0.1, 0.15) is 0 Å². The van der Waals surface area contributed by atoms with Crippen LogP contribution in [0.5, 0.6) is 0 Å². The molecule has 0 saturated heterocycles. The van der Waals surface area contributed by atoms with Gasteiger partial charge in [0.2, 0.25) is 5.91 Å². The van der Waals surface area contributed by atoms with Crippen LogP contribution in [0.2, 0.25) is 5.02 Å². The summed E-state index contributed by atoms with van der Waals surface area (Å²) in [6.07, 6.45) is 0. The van der Waals surface area contributed by atoms with E-state index in [4.69, 9.17) is 11.6 Å². The number of carbonyl (C=O) groups is 1. The molecule has 0 radical (unpaired) electrons. The van der Waals surface area contributed by atoms with Crippen molar-refractivity contribution in [1.29, 1.82) is 0 Å². The minimum Gasteiger partial charge on any atom is -0.344 e. The summed E-state index contributed by atoms with van der Waals surface area (Å²) in [5.74, 6) is 7.16. The molecule has 1 amide bonds. The number of hydrogen-bond acceptors (Lipinski definition) is 2. The average Bonchev–Trinajstić information content (AvgIpc) is 2.54. The van der Waals surface area contributed by atoms with Crippen LogP contribution in [0.3, 0.4) is 0 Å². The van der Waals surface area contributed by atoms with Crippen molar-refractivity contribution in [3.05, 3.63) is 70.7 Å². The molecule has 0 atom stereocenters. The van der Waals surface area contributed by atoms with Crippen LogP contribution in [0.4, 0.5) is 0 Å². The van der Waals surface area contributed by atoms with Gasteiger partial charge in [0.05, 0.1) is 12.3 Å². The maximum absolute atomic E-state index is 11.7. The predicted octanol–water partition coefficient (Wildman–Crippen LogP) is 3.74. The highest BCUT2D eigenvalue weighted by molar-refractivity contribution is 7.99. The highest BCUT2D eigenvalue weighted by Crippen LogP contribution is 2.15. The van der Waals surface area contributed by atoms with Gasteiger partial charge in [0.15, 0.2) is 0 Å². The molecule has 4 heteroatoms. The zero-order valence-corrected chi connectivity index (χ0v) is 13.6. The first kappa shape index (κ1) is 16.5. The highest BCUT2D eigenvalue weighted by atomic mass is 35.5. The molecular weight excluding hydrogens is 314 g/mol. The van der Waals surface area contributed by atoms with Crippen LogP contribution in [0.1, 0.15) is 11.1 Å². The van der Waals surface area contributed by atoms with Gasteiger partial charge < -0.3 is 5.32 Å². The Balaban J connectivity index is 1.64. The molecule has 0 saturated carbocycles. The van der Waals surface area contributed by atoms with Gasteiger partial charge >= 0.3 is 0 Å². The van der Waals surface area contributed by atoms with Crippen molar-refractivity contribution < 1.29 is 4.79 Å².